The van der Waals surface area contributed by atoms with Gasteiger partial charge in [-0.15, -0.1) is 0 Å². The SMILES string of the molecule is CNCOC1Cc2c(cc(OCCO)c3c2CC(Cc2ccc4[nH]ccc4c2)c2cc(O)ccc2-3)OC1c1cc(CCc2ccccc2)c(O)c(OC)c1. The van der Waals surface area contributed by atoms with Crippen LogP contribution in [0.5, 0.6) is 28.7 Å². The molecule has 3 atom stereocenters. The van der Waals surface area contributed by atoms with Crippen molar-refractivity contribution in [2.75, 3.05) is 34.1 Å². The second-order valence-corrected chi connectivity index (χ2v) is 14.2. The van der Waals surface area contributed by atoms with Crippen molar-refractivity contribution in [2.24, 2.45) is 0 Å². The van der Waals surface area contributed by atoms with Crippen LogP contribution in [0.2, 0.25) is 0 Å². The molecule has 2 aliphatic rings. The normalized spacial score (nSPS) is 17.4. The quantitative estimate of drug-likeness (QED) is 0.0774. The number of aryl methyl sites for hydroxylation is 2. The number of nitrogens with one attached hydrogen (secondary N) is 2. The third-order valence-corrected chi connectivity index (χ3v) is 10.8. The third kappa shape index (κ3) is 6.98. The number of ether oxygens (including phenoxy) is 4. The van der Waals surface area contributed by atoms with Crippen molar-refractivity contribution >= 4 is 10.9 Å². The molecule has 6 aromatic rings. The van der Waals surface area contributed by atoms with Crippen LogP contribution in [-0.2, 0) is 36.8 Å². The minimum absolute atomic E-state index is 0.0658. The van der Waals surface area contributed by atoms with Crippen molar-refractivity contribution in [3.8, 4) is 39.9 Å². The number of hydrogen-bond donors (Lipinski definition) is 5. The van der Waals surface area contributed by atoms with Gasteiger partial charge in [-0.1, -0.05) is 42.5 Å². The molecule has 0 amide bonds. The second-order valence-electron chi connectivity index (χ2n) is 14.2. The zero-order valence-electron chi connectivity index (χ0n) is 30.6. The Kier molecular flexibility index (Phi) is 10.2. The average Bonchev–Trinajstić information content (AvgIpc) is 3.67. The molecule has 0 saturated carbocycles. The van der Waals surface area contributed by atoms with Crippen LogP contribution < -0.4 is 19.5 Å². The minimum atomic E-state index is -0.517. The van der Waals surface area contributed by atoms with E-state index >= 15 is 0 Å². The fourth-order valence-electron chi connectivity index (χ4n) is 8.28. The number of aromatic amines is 1. The number of H-pyrrole nitrogens is 1. The Balaban J connectivity index is 1.21. The van der Waals surface area contributed by atoms with Gasteiger partial charge in [-0.2, -0.15) is 0 Å². The van der Waals surface area contributed by atoms with Gasteiger partial charge in [0.1, 0.15) is 30.0 Å². The summed E-state index contributed by atoms with van der Waals surface area (Å²) in [7, 11) is 3.42. The largest absolute Gasteiger partial charge is 0.508 e. The van der Waals surface area contributed by atoms with Crippen LogP contribution in [0.3, 0.4) is 0 Å². The molecule has 54 heavy (non-hydrogen) atoms. The van der Waals surface area contributed by atoms with Crippen LogP contribution >= 0.6 is 0 Å². The van der Waals surface area contributed by atoms with E-state index in [1.54, 1.807) is 13.2 Å². The number of phenolic OH excluding ortho intramolecular Hbond substituents is 2. The summed E-state index contributed by atoms with van der Waals surface area (Å²) in [6, 6.07) is 30.2. The Labute approximate surface area is 315 Å². The highest BCUT2D eigenvalue weighted by Gasteiger charge is 2.39. The number of aromatic hydroxyl groups is 2. The molecule has 1 aliphatic carbocycles. The van der Waals surface area contributed by atoms with Crippen LogP contribution in [0.1, 0.15) is 51.0 Å². The Hall–Kier alpha value is -5.48. The van der Waals surface area contributed by atoms with E-state index in [2.05, 4.69) is 46.7 Å². The Bertz CT molecular complexity index is 2270. The lowest BCUT2D eigenvalue weighted by Gasteiger charge is -2.38. The number of rotatable bonds is 13. The second kappa shape index (κ2) is 15.5. The fraction of sp³-hybridized carbons (Fsp3) is 0.289. The molecule has 0 fully saturated rings. The number of methoxy groups -OCH3 is 1. The molecule has 5 aromatic carbocycles. The average molecular weight is 727 g/mol. The molecule has 8 rings (SSSR count). The lowest BCUT2D eigenvalue weighted by atomic mass is 9.73. The summed E-state index contributed by atoms with van der Waals surface area (Å²) in [6.07, 6.45) is 4.48. The fourth-order valence-corrected chi connectivity index (χ4v) is 8.28. The first-order valence-corrected chi connectivity index (χ1v) is 18.6. The number of hydrogen-bond acceptors (Lipinski definition) is 8. The lowest BCUT2D eigenvalue weighted by Crippen LogP contribution is -2.36. The van der Waals surface area contributed by atoms with Gasteiger partial charge in [0, 0.05) is 35.3 Å². The summed E-state index contributed by atoms with van der Waals surface area (Å²) in [6.45, 7) is 0.305. The van der Waals surface area contributed by atoms with Crippen molar-refractivity contribution in [2.45, 2.75) is 50.2 Å². The Morgan fingerprint density at radius 3 is 2.56 bits per heavy atom. The van der Waals surface area contributed by atoms with E-state index in [0.717, 1.165) is 62.7 Å². The van der Waals surface area contributed by atoms with Crippen molar-refractivity contribution in [3.63, 3.8) is 0 Å². The molecule has 2 heterocycles. The maximum atomic E-state index is 11.2. The molecule has 278 valence electrons. The molecule has 1 aliphatic heterocycles. The molecule has 9 nitrogen and oxygen atoms in total. The zero-order chi connectivity index (χ0) is 37.2. The molecule has 0 saturated heterocycles. The van der Waals surface area contributed by atoms with Gasteiger partial charge in [-0.05, 0) is 125 Å². The molecule has 9 heteroatoms. The predicted molar refractivity (Wildman–Crippen MR) is 209 cm³/mol. The number of aliphatic hydroxyl groups is 1. The molecule has 0 spiro atoms. The highest BCUT2D eigenvalue weighted by Crippen LogP contribution is 2.53. The first-order valence-electron chi connectivity index (χ1n) is 18.6. The van der Waals surface area contributed by atoms with Gasteiger partial charge in [0.2, 0.25) is 0 Å². The third-order valence-electron chi connectivity index (χ3n) is 10.8. The van der Waals surface area contributed by atoms with Gasteiger partial charge < -0.3 is 39.3 Å². The number of aliphatic hydroxyl groups excluding tert-OH is 1. The van der Waals surface area contributed by atoms with E-state index in [1.165, 1.54) is 11.1 Å². The number of phenols is 2. The van der Waals surface area contributed by atoms with Crippen molar-refractivity contribution in [3.05, 3.63) is 136 Å². The summed E-state index contributed by atoms with van der Waals surface area (Å²) in [5, 5.41) is 36.1. The summed E-state index contributed by atoms with van der Waals surface area (Å²) in [5.74, 6) is 2.12. The van der Waals surface area contributed by atoms with Gasteiger partial charge in [-0.3, -0.25) is 5.32 Å². The van der Waals surface area contributed by atoms with E-state index in [-0.39, 0.29) is 36.7 Å². The van der Waals surface area contributed by atoms with Crippen molar-refractivity contribution in [1.82, 2.24) is 10.3 Å². The van der Waals surface area contributed by atoms with Crippen LogP contribution in [0.4, 0.5) is 0 Å². The van der Waals surface area contributed by atoms with Crippen LogP contribution in [0.15, 0.2) is 97.2 Å². The molecule has 3 unspecified atom stereocenters. The van der Waals surface area contributed by atoms with Crippen LogP contribution in [0.25, 0.3) is 22.0 Å². The highest BCUT2D eigenvalue weighted by molar-refractivity contribution is 5.83. The van der Waals surface area contributed by atoms with E-state index in [4.69, 9.17) is 18.9 Å². The van der Waals surface area contributed by atoms with E-state index in [9.17, 15) is 15.3 Å². The van der Waals surface area contributed by atoms with E-state index < -0.39 is 6.10 Å². The lowest BCUT2D eigenvalue weighted by molar-refractivity contribution is -0.0429. The molecule has 0 radical (unpaired) electrons. The van der Waals surface area contributed by atoms with E-state index in [0.29, 0.717) is 43.2 Å². The topological polar surface area (TPSA) is 125 Å². The Morgan fingerprint density at radius 2 is 1.74 bits per heavy atom. The highest BCUT2D eigenvalue weighted by atomic mass is 16.6. The van der Waals surface area contributed by atoms with Crippen LogP contribution in [-0.4, -0.2) is 60.5 Å². The van der Waals surface area contributed by atoms with Gasteiger partial charge >= 0.3 is 0 Å². The summed E-state index contributed by atoms with van der Waals surface area (Å²) < 4.78 is 25.5. The molecule has 1 aromatic heterocycles. The maximum absolute atomic E-state index is 11.2. The Morgan fingerprint density at radius 1 is 0.870 bits per heavy atom. The molecular formula is C45H46N2O7. The number of benzene rings is 5. The van der Waals surface area contributed by atoms with Gasteiger partial charge in [0.25, 0.3) is 0 Å². The van der Waals surface area contributed by atoms with E-state index in [1.807, 2.05) is 61.8 Å². The first kappa shape index (κ1) is 35.5. The van der Waals surface area contributed by atoms with Gasteiger partial charge in [-0.25, -0.2) is 0 Å². The number of fused-ring (bicyclic) bond motifs is 6. The summed E-state index contributed by atoms with van der Waals surface area (Å²) in [5.41, 5.74) is 10.3. The van der Waals surface area contributed by atoms with Crippen LogP contribution in [0, 0.1) is 0 Å². The van der Waals surface area contributed by atoms with Crippen molar-refractivity contribution in [1.29, 1.82) is 0 Å². The molecule has 0 bridgehead atoms. The summed E-state index contributed by atoms with van der Waals surface area (Å²) >= 11 is 0. The maximum Gasteiger partial charge on any atom is 0.161 e. The summed E-state index contributed by atoms with van der Waals surface area (Å²) in [4.78, 5) is 3.29. The standard InChI is InChI=1S/C45H46N2O7/c1-46-26-53-42-24-36-37-21-31(19-28-9-13-38-29(18-28)14-15-47-38)35-23-33(49)11-12-34(35)43(37)40(52-17-16-48)25-39(36)54-45(42)32-20-30(44(50)41(22-32)51-2)10-8-27-6-4-3-5-7-27/h3-7,9,11-15,18,20,22-23,25,31,42,45-50H,8,10,16-17,19,21,24,26H2,1-2H3. The number of aromatic nitrogens is 1. The van der Waals surface area contributed by atoms with Gasteiger partial charge in [0.15, 0.2) is 17.6 Å². The molecule has 5 N–H and O–H groups in total. The molecular weight excluding hydrogens is 681 g/mol. The minimum Gasteiger partial charge on any atom is -0.508 e. The first-order chi connectivity index (χ1) is 26.4. The van der Waals surface area contributed by atoms with Gasteiger partial charge in [0.05, 0.1) is 20.4 Å². The predicted octanol–water partition coefficient (Wildman–Crippen LogP) is 7.53. The smallest absolute Gasteiger partial charge is 0.161 e. The monoisotopic (exact) mass is 726 g/mol. The zero-order valence-corrected chi connectivity index (χ0v) is 30.6. The van der Waals surface area contributed by atoms with Crippen molar-refractivity contribution < 1.29 is 34.3 Å².